The molecule has 1 N–H and O–H groups in total. The lowest BCUT2D eigenvalue weighted by atomic mass is 10.1. The Labute approximate surface area is 162 Å². The normalized spacial score (nSPS) is 14.6. The zero-order chi connectivity index (χ0) is 19.7. The van der Waals surface area contributed by atoms with Crippen molar-refractivity contribution in [1.82, 2.24) is 20.3 Å². The standard InChI is InChI=1S/C21H24N4O3/c1-13-18(14(2)28-24-13)11-20(26)22-12-19-16-9-5-6-10-17(16)21(27)25(23-19)15-7-3-4-8-15/h5-6,9-10,15H,3-4,7-8,11-12H2,1-2H3,(H,22,26). The van der Waals surface area contributed by atoms with Gasteiger partial charge in [-0.2, -0.15) is 5.10 Å². The number of hydrogen-bond donors (Lipinski definition) is 1. The largest absolute Gasteiger partial charge is 0.361 e. The van der Waals surface area contributed by atoms with Crippen LogP contribution in [-0.2, 0) is 17.8 Å². The highest BCUT2D eigenvalue weighted by molar-refractivity contribution is 5.84. The molecule has 7 nitrogen and oxygen atoms in total. The van der Waals surface area contributed by atoms with Crippen molar-refractivity contribution in [2.45, 2.75) is 58.5 Å². The lowest BCUT2D eigenvalue weighted by Crippen LogP contribution is -2.31. The number of carbonyl (C=O) groups is 1. The first-order valence-corrected chi connectivity index (χ1v) is 9.73. The van der Waals surface area contributed by atoms with Gasteiger partial charge < -0.3 is 9.84 Å². The Morgan fingerprint density at radius 3 is 2.61 bits per heavy atom. The molecule has 1 fully saturated rings. The number of nitrogens with one attached hydrogen (secondary N) is 1. The Balaban J connectivity index is 1.60. The van der Waals surface area contributed by atoms with Crippen molar-refractivity contribution in [1.29, 1.82) is 0 Å². The monoisotopic (exact) mass is 380 g/mol. The number of benzene rings is 1. The van der Waals surface area contributed by atoms with Crippen molar-refractivity contribution in [3.8, 4) is 0 Å². The first-order valence-electron chi connectivity index (χ1n) is 9.73. The third kappa shape index (κ3) is 3.44. The summed E-state index contributed by atoms with van der Waals surface area (Å²) in [6.07, 6.45) is 4.40. The van der Waals surface area contributed by atoms with Crippen LogP contribution >= 0.6 is 0 Å². The first-order chi connectivity index (χ1) is 13.5. The van der Waals surface area contributed by atoms with Gasteiger partial charge in [-0.1, -0.05) is 36.2 Å². The van der Waals surface area contributed by atoms with Crippen LogP contribution in [0.2, 0.25) is 0 Å². The summed E-state index contributed by atoms with van der Waals surface area (Å²) in [5, 5.41) is 12.9. The van der Waals surface area contributed by atoms with Crippen molar-refractivity contribution in [3.05, 3.63) is 57.3 Å². The van der Waals surface area contributed by atoms with E-state index in [1.807, 2.05) is 31.2 Å². The predicted octanol–water partition coefficient (Wildman–Crippen LogP) is 2.98. The van der Waals surface area contributed by atoms with Crippen LogP contribution in [0, 0.1) is 13.8 Å². The Hall–Kier alpha value is -2.96. The zero-order valence-corrected chi connectivity index (χ0v) is 16.2. The molecule has 0 spiro atoms. The predicted molar refractivity (Wildman–Crippen MR) is 105 cm³/mol. The second-order valence-electron chi connectivity index (χ2n) is 7.44. The second-order valence-corrected chi connectivity index (χ2v) is 7.44. The van der Waals surface area contributed by atoms with Crippen molar-refractivity contribution in [2.75, 3.05) is 0 Å². The quantitative estimate of drug-likeness (QED) is 0.735. The third-order valence-electron chi connectivity index (χ3n) is 5.55. The van der Waals surface area contributed by atoms with E-state index < -0.39 is 0 Å². The molecule has 1 saturated carbocycles. The van der Waals surface area contributed by atoms with Gasteiger partial charge in [0.05, 0.1) is 35.8 Å². The van der Waals surface area contributed by atoms with Crippen LogP contribution in [-0.4, -0.2) is 20.8 Å². The fourth-order valence-corrected chi connectivity index (χ4v) is 3.96. The number of aromatic nitrogens is 3. The van der Waals surface area contributed by atoms with Crippen LogP contribution in [0.25, 0.3) is 10.8 Å². The topological polar surface area (TPSA) is 90.0 Å². The highest BCUT2D eigenvalue weighted by Gasteiger charge is 2.21. The number of fused-ring (bicyclic) bond motifs is 1. The molecular formula is C21H24N4O3. The highest BCUT2D eigenvalue weighted by Crippen LogP contribution is 2.28. The van der Waals surface area contributed by atoms with Crippen molar-refractivity contribution >= 4 is 16.7 Å². The van der Waals surface area contributed by atoms with Gasteiger partial charge in [-0.15, -0.1) is 0 Å². The van der Waals surface area contributed by atoms with E-state index in [1.54, 1.807) is 11.6 Å². The van der Waals surface area contributed by atoms with E-state index in [-0.39, 0.29) is 30.5 Å². The SMILES string of the molecule is Cc1noc(C)c1CC(=O)NCc1nn(C2CCCC2)c(=O)c2ccccc12. The minimum absolute atomic E-state index is 0.0479. The Kier molecular flexibility index (Phi) is 4.98. The molecule has 1 aliphatic rings. The van der Waals surface area contributed by atoms with Gasteiger partial charge in [-0.05, 0) is 32.8 Å². The fourth-order valence-electron chi connectivity index (χ4n) is 3.96. The second kappa shape index (κ2) is 7.58. The lowest BCUT2D eigenvalue weighted by molar-refractivity contribution is -0.120. The molecule has 146 valence electrons. The molecule has 0 bridgehead atoms. The number of nitrogens with zero attached hydrogens (tertiary/aromatic N) is 3. The average Bonchev–Trinajstić information content (AvgIpc) is 3.34. The maximum Gasteiger partial charge on any atom is 0.274 e. The van der Waals surface area contributed by atoms with E-state index in [0.717, 1.165) is 42.3 Å². The molecule has 1 aromatic carbocycles. The molecule has 0 aliphatic heterocycles. The Morgan fingerprint density at radius 1 is 1.21 bits per heavy atom. The van der Waals surface area contributed by atoms with Gasteiger partial charge in [0.25, 0.3) is 5.56 Å². The Morgan fingerprint density at radius 2 is 1.93 bits per heavy atom. The molecule has 28 heavy (non-hydrogen) atoms. The molecule has 2 aromatic heterocycles. The number of hydrogen-bond acceptors (Lipinski definition) is 5. The summed E-state index contributed by atoms with van der Waals surface area (Å²) >= 11 is 0. The van der Waals surface area contributed by atoms with E-state index in [0.29, 0.717) is 16.8 Å². The molecule has 4 rings (SSSR count). The molecule has 0 saturated heterocycles. The molecular weight excluding hydrogens is 356 g/mol. The molecule has 7 heteroatoms. The molecule has 2 heterocycles. The highest BCUT2D eigenvalue weighted by atomic mass is 16.5. The van der Waals surface area contributed by atoms with Gasteiger partial charge in [0.15, 0.2) is 0 Å². The van der Waals surface area contributed by atoms with Gasteiger partial charge in [-0.25, -0.2) is 4.68 Å². The van der Waals surface area contributed by atoms with Crippen LogP contribution in [0.5, 0.6) is 0 Å². The minimum Gasteiger partial charge on any atom is -0.361 e. The molecule has 1 amide bonds. The van der Waals surface area contributed by atoms with Gasteiger partial charge in [0.2, 0.25) is 5.91 Å². The van der Waals surface area contributed by atoms with Gasteiger partial charge >= 0.3 is 0 Å². The summed E-state index contributed by atoms with van der Waals surface area (Å²) < 4.78 is 6.75. The minimum atomic E-state index is -0.126. The Bertz CT molecular complexity index is 1060. The summed E-state index contributed by atoms with van der Waals surface area (Å²) in [7, 11) is 0. The average molecular weight is 380 g/mol. The van der Waals surface area contributed by atoms with E-state index in [2.05, 4.69) is 15.6 Å². The number of rotatable bonds is 5. The lowest BCUT2D eigenvalue weighted by Gasteiger charge is -2.16. The van der Waals surface area contributed by atoms with E-state index >= 15 is 0 Å². The summed E-state index contributed by atoms with van der Waals surface area (Å²) in [4.78, 5) is 25.3. The maximum absolute atomic E-state index is 12.9. The molecule has 0 atom stereocenters. The summed E-state index contributed by atoms with van der Waals surface area (Å²) in [5.74, 6) is 0.532. The van der Waals surface area contributed by atoms with Crippen LogP contribution in [0.1, 0.15) is 54.4 Å². The molecule has 3 aromatic rings. The van der Waals surface area contributed by atoms with Crippen molar-refractivity contribution in [2.24, 2.45) is 0 Å². The molecule has 0 radical (unpaired) electrons. The van der Waals surface area contributed by atoms with Crippen LogP contribution in [0.4, 0.5) is 0 Å². The van der Waals surface area contributed by atoms with Crippen LogP contribution < -0.4 is 10.9 Å². The van der Waals surface area contributed by atoms with Gasteiger partial charge in [0, 0.05) is 10.9 Å². The van der Waals surface area contributed by atoms with Crippen molar-refractivity contribution in [3.63, 3.8) is 0 Å². The van der Waals surface area contributed by atoms with E-state index in [1.165, 1.54) is 0 Å². The van der Waals surface area contributed by atoms with Crippen LogP contribution in [0.15, 0.2) is 33.6 Å². The van der Waals surface area contributed by atoms with Crippen molar-refractivity contribution < 1.29 is 9.32 Å². The van der Waals surface area contributed by atoms with Gasteiger partial charge in [0.1, 0.15) is 5.76 Å². The van der Waals surface area contributed by atoms with Crippen LogP contribution in [0.3, 0.4) is 0 Å². The fraction of sp³-hybridized carbons (Fsp3) is 0.429. The third-order valence-corrected chi connectivity index (χ3v) is 5.55. The summed E-state index contributed by atoms with van der Waals surface area (Å²) in [6.45, 7) is 3.90. The number of carbonyl (C=O) groups excluding carboxylic acids is 1. The number of aryl methyl sites for hydroxylation is 2. The van der Waals surface area contributed by atoms with E-state index in [4.69, 9.17) is 4.52 Å². The first kappa shape index (κ1) is 18.4. The number of amides is 1. The summed E-state index contributed by atoms with van der Waals surface area (Å²) in [5.41, 5.74) is 2.21. The zero-order valence-electron chi connectivity index (χ0n) is 16.2. The maximum atomic E-state index is 12.9. The summed E-state index contributed by atoms with van der Waals surface area (Å²) in [6, 6.07) is 7.62. The molecule has 1 aliphatic carbocycles. The van der Waals surface area contributed by atoms with Gasteiger partial charge in [-0.3, -0.25) is 9.59 Å². The van der Waals surface area contributed by atoms with E-state index in [9.17, 15) is 9.59 Å². The molecule has 0 unspecified atom stereocenters. The smallest absolute Gasteiger partial charge is 0.274 e.